The molecule has 0 atom stereocenters. The molecule has 0 unspecified atom stereocenters. The summed E-state index contributed by atoms with van der Waals surface area (Å²) < 4.78 is 41.6. The summed E-state index contributed by atoms with van der Waals surface area (Å²) in [6, 6.07) is 1.85. The number of rotatable bonds is 2. The largest absolute Gasteiger partial charge is 0.459 e. The van der Waals surface area contributed by atoms with E-state index >= 15 is 0 Å². The fourth-order valence-corrected chi connectivity index (χ4v) is 0.995. The van der Waals surface area contributed by atoms with Crippen molar-refractivity contribution in [2.24, 2.45) is 0 Å². The predicted octanol–water partition coefficient (Wildman–Crippen LogP) is 2.67. The minimum atomic E-state index is -4.56. The Hall–Kier alpha value is -1.59. The number of aromatic nitrogens is 1. The Balaban J connectivity index is 2.95. The Morgan fingerprint density at radius 2 is 2.06 bits per heavy atom. The molecule has 0 saturated carbocycles. The molecule has 0 N–H and O–H groups in total. The lowest BCUT2D eigenvalue weighted by Crippen LogP contribution is -2.14. The molecule has 0 amide bonds. The van der Waals surface area contributed by atoms with Gasteiger partial charge in [0, 0.05) is 6.20 Å². The van der Waals surface area contributed by atoms with E-state index in [9.17, 15) is 18.0 Å². The lowest BCUT2D eigenvalue weighted by atomic mass is 10.2. The van der Waals surface area contributed by atoms with Crippen molar-refractivity contribution >= 4 is 5.97 Å². The van der Waals surface area contributed by atoms with Crippen LogP contribution in [0.2, 0.25) is 0 Å². The first-order chi connectivity index (χ1) is 7.30. The number of hydrogen-bond acceptors (Lipinski definition) is 3. The maximum Gasteiger partial charge on any atom is 0.433 e. The number of pyridine rings is 1. The third-order valence-electron chi connectivity index (χ3n) is 1.63. The van der Waals surface area contributed by atoms with Crippen LogP contribution in [0.25, 0.3) is 0 Å². The van der Waals surface area contributed by atoms with Crippen LogP contribution < -0.4 is 0 Å². The van der Waals surface area contributed by atoms with Gasteiger partial charge in [-0.05, 0) is 26.0 Å². The number of alkyl halides is 3. The van der Waals surface area contributed by atoms with Crippen molar-refractivity contribution < 1.29 is 22.7 Å². The van der Waals surface area contributed by atoms with Crippen LogP contribution in [0.4, 0.5) is 13.2 Å². The summed E-state index contributed by atoms with van der Waals surface area (Å²) in [7, 11) is 0. The van der Waals surface area contributed by atoms with Gasteiger partial charge < -0.3 is 4.74 Å². The van der Waals surface area contributed by atoms with Gasteiger partial charge in [-0.15, -0.1) is 0 Å². The van der Waals surface area contributed by atoms with Gasteiger partial charge in [-0.2, -0.15) is 13.2 Å². The van der Waals surface area contributed by atoms with E-state index in [0.29, 0.717) is 6.07 Å². The monoisotopic (exact) mass is 233 g/mol. The minimum Gasteiger partial charge on any atom is -0.459 e. The van der Waals surface area contributed by atoms with Crippen molar-refractivity contribution in [2.45, 2.75) is 26.1 Å². The maximum atomic E-state index is 12.3. The lowest BCUT2D eigenvalue weighted by molar-refractivity contribution is -0.141. The SMILES string of the molecule is CC(C)OC(=O)c1ccnc(C(F)(F)F)c1. The van der Waals surface area contributed by atoms with Crippen LogP contribution in [0.3, 0.4) is 0 Å². The van der Waals surface area contributed by atoms with E-state index in [1.165, 1.54) is 6.07 Å². The van der Waals surface area contributed by atoms with E-state index in [4.69, 9.17) is 4.74 Å². The average molecular weight is 233 g/mol. The number of halogens is 3. The molecule has 1 rings (SSSR count). The Bertz CT molecular complexity index is 388. The van der Waals surface area contributed by atoms with Gasteiger partial charge in [0.05, 0.1) is 11.7 Å². The first-order valence-corrected chi connectivity index (χ1v) is 4.55. The molecule has 0 saturated heterocycles. The molecule has 0 aromatic carbocycles. The molecule has 1 aromatic heterocycles. The van der Waals surface area contributed by atoms with Gasteiger partial charge in [-0.1, -0.05) is 0 Å². The van der Waals surface area contributed by atoms with Gasteiger partial charge in [0.1, 0.15) is 5.69 Å². The van der Waals surface area contributed by atoms with Gasteiger partial charge in [-0.3, -0.25) is 4.98 Å². The second-order valence-corrected chi connectivity index (χ2v) is 3.38. The van der Waals surface area contributed by atoms with Crippen LogP contribution in [-0.2, 0) is 10.9 Å². The molecular weight excluding hydrogens is 223 g/mol. The van der Waals surface area contributed by atoms with Crippen LogP contribution in [0, 0.1) is 0 Å². The van der Waals surface area contributed by atoms with E-state index in [2.05, 4.69) is 4.98 Å². The summed E-state index contributed by atoms with van der Waals surface area (Å²) in [4.78, 5) is 14.5. The van der Waals surface area contributed by atoms with E-state index in [1.807, 2.05) is 0 Å². The zero-order valence-corrected chi connectivity index (χ0v) is 8.71. The van der Waals surface area contributed by atoms with Crippen molar-refractivity contribution in [3.05, 3.63) is 29.6 Å². The molecular formula is C10H10F3NO2. The summed E-state index contributed by atoms with van der Waals surface area (Å²) in [6.07, 6.45) is -4.01. The third kappa shape index (κ3) is 3.22. The Labute approximate surface area is 90.2 Å². The standard InChI is InChI=1S/C10H10F3NO2/c1-6(2)16-9(15)7-3-4-14-8(5-7)10(11,12)13/h3-6H,1-2H3. The van der Waals surface area contributed by atoms with Crippen LogP contribution >= 0.6 is 0 Å². The quantitative estimate of drug-likeness (QED) is 0.737. The molecule has 0 aliphatic carbocycles. The second-order valence-electron chi connectivity index (χ2n) is 3.38. The summed E-state index contributed by atoms with van der Waals surface area (Å²) in [6.45, 7) is 3.23. The van der Waals surface area contributed by atoms with E-state index in [-0.39, 0.29) is 11.7 Å². The zero-order valence-electron chi connectivity index (χ0n) is 8.71. The van der Waals surface area contributed by atoms with Crippen LogP contribution in [0.1, 0.15) is 29.9 Å². The van der Waals surface area contributed by atoms with Crippen LogP contribution in [-0.4, -0.2) is 17.1 Å². The van der Waals surface area contributed by atoms with Crippen LogP contribution in [0.5, 0.6) is 0 Å². The summed E-state index contributed by atoms with van der Waals surface area (Å²) >= 11 is 0. The Kier molecular flexibility index (Phi) is 3.51. The molecule has 88 valence electrons. The Morgan fingerprint density at radius 1 is 1.44 bits per heavy atom. The topological polar surface area (TPSA) is 39.2 Å². The predicted molar refractivity (Wildman–Crippen MR) is 49.8 cm³/mol. The minimum absolute atomic E-state index is 0.156. The van der Waals surface area contributed by atoms with Gasteiger partial charge >= 0.3 is 12.1 Å². The zero-order chi connectivity index (χ0) is 12.3. The first-order valence-electron chi connectivity index (χ1n) is 4.55. The molecule has 16 heavy (non-hydrogen) atoms. The molecule has 0 aliphatic rings. The maximum absolute atomic E-state index is 12.3. The summed E-state index contributed by atoms with van der Waals surface area (Å²) in [5.74, 6) is -0.789. The number of esters is 1. The van der Waals surface area contributed by atoms with Gasteiger partial charge in [0.15, 0.2) is 0 Å². The average Bonchev–Trinajstić information content (AvgIpc) is 2.15. The van der Waals surface area contributed by atoms with Gasteiger partial charge in [0.25, 0.3) is 0 Å². The first kappa shape index (κ1) is 12.5. The van der Waals surface area contributed by atoms with Crippen molar-refractivity contribution in [1.29, 1.82) is 0 Å². The van der Waals surface area contributed by atoms with Crippen LogP contribution in [0.15, 0.2) is 18.3 Å². The molecule has 6 heteroatoms. The van der Waals surface area contributed by atoms with Crippen molar-refractivity contribution in [2.75, 3.05) is 0 Å². The molecule has 0 aliphatic heterocycles. The molecule has 0 bridgehead atoms. The van der Waals surface area contributed by atoms with E-state index in [1.54, 1.807) is 13.8 Å². The number of carbonyl (C=O) groups is 1. The summed E-state index contributed by atoms with van der Waals surface area (Å²) in [5.41, 5.74) is -1.26. The lowest BCUT2D eigenvalue weighted by Gasteiger charge is -2.09. The highest BCUT2D eigenvalue weighted by molar-refractivity contribution is 5.89. The van der Waals surface area contributed by atoms with Crippen molar-refractivity contribution in [3.63, 3.8) is 0 Å². The number of ether oxygens (including phenoxy) is 1. The second kappa shape index (κ2) is 4.51. The third-order valence-corrected chi connectivity index (χ3v) is 1.63. The van der Waals surface area contributed by atoms with E-state index < -0.39 is 17.8 Å². The fourth-order valence-electron chi connectivity index (χ4n) is 0.995. The molecule has 0 spiro atoms. The van der Waals surface area contributed by atoms with Crippen molar-refractivity contribution in [3.8, 4) is 0 Å². The molecule has 0 fully saturated rings. The molecule has 1 aromatic rings. The molecule has 1 heterocycles. The fraction of sp³-hybridized carbons (Fsp3) is 0.400. The Morgan fingerprint density at radius 3 is 2.56 bits per heavy atom. The number of hydrogen-bond donors (Lipinski definition) is 0. The van der Waals surface area contributed by atoms with Gasteiger partial charge in [0.2, 0.25) is 0 Å². The smallest absolute Gasteiger partial charge is 0.433 e. The van der Waals surface area contributed by atoms with E-state index in [0.717, 1.165) is 6.20 Å². The highest BCUT2D eigenvalue weighted by atomic mass is 19.4. The number of carbonyl (C=O) groups excluding carboxylic acids is 1. The van der Waals surface area contributed by atoms with Gasteiger partial charge in [-0.25, -0.2) is 4.79 Å². The highest BCUT2D eigenvalue weighted by Gasteiger charge is 2.33. The van der Waals surface area contributed by atoms with Crippen molar-refractivity contribution in [1.82, 2.24) is 4.98 Å². The molecule has 0 radical (unpaired) electrons. The normalized spacial score (nSPS) is 11.6. The highest BCUT2D eigenvalue weighted by Crippen LogP contribution is 2.27. The molecule has 3 nitrogen and oxygen atoms in total. The number of nitrogens with zero attached hydrogens (tertiary/aromatic N) is 1. The summed E-state index contributed by atoms with van der Waals surface area (Å²) in [5, 5.41) is 0.